The van der Waals surface area contributed by atoms with Gasteiger partial charge in [-0.05, 0) is 26.5 Å². The van der Waals surface area contributed by atoms with Crippen molar-refractivity contribution in [2.24, 2.45) is 0 Å². The van der Waals surface area contributed by atoms with Crippen LogP contribution in [0.5, 0.6) is 0 Å². The van der Waals surface area contributed by atoms with E-state index in [1.807, 2.05) is 39.1 Å². The molecule has 0 saturated carbocycles. The zero-order valence-electron chi connectivity index (χ0n) is 10.1. The summed E-state index contributed by atoms with van der Waals surface area (Å²) in [5.41, 5.74) is 2.32. The molecule has 0 aliphatic rings. The third-order valence-electron chi connectivity index (χ3n) is 2.47. The Morgan fingerprint density at radius 1 is 1.50 bits per heavy atom. The highest BCUT2D eigenvalue weighted by Crippen LogP contribution is 2.17. The summed E-state index contributed by atoms with van der Waals surface area (Å²) in [5.74, 6) is -0.164. The normalized spacial score (nSPS) is 12.2. The van der Waals surface area contributed by atoms with Gasteiger partial charge in [-0.15, -0.1) is 0 Å². The maximum absolute atomic E-state index is 11.4. The first-order chi connectivity index (χ1) is 7.67. The second-order valence-corrected chi connectivity index (χ2v) is 3.76. The first kappa shape index (κ1) is 12.7. The van der Waals surface area contributed by atoms with Crippen molar-refractivity contribution in [1.82, 2.24) is 5.32 Å². The Bertz CT molecular complexity index is 350. The van der Waals surface area contributed by atoms with Gasteiger partial charge in [0.2, 0.25) is 0 Å². The van der Waals surface area contributed by atoms with Gasteiger partial charge in [0, 0.05) is 6.04 Å². The van der Waals surface area contributed by atoms with Crippen LogP contribution in [0.3, 0.4) is 0 Å². The molecule has 1 atom stereocenters. The van der Waals surface area contributed by atoms with Crippen LogP contribution in [-0.4, -0.2) is 19.6 Å². The van der Waals surface area contributed by atoms with Gasteiger partial charge in [0.05, 0.1) is 13.0 Å². The van der Waals surface area contributed by atoms with E-state index in [2.05, 4.69) is 11.4 Å². The largest absolute Gasteiger partial charge is 0.466 e. The standard InChI is InChI=1S/C13H19NO2/c1-4-16-13(15)9-12(14-3)11-7-5-6-10(2)8-11/h5-8,12,14H,4,9H2,1-3H3. The van der Waals surface area contributed by atoms with Gasteiger partial charge in [-0.3, -0.25) is 4.79 Å². The number of aryl methyl sites for hydroxylation is 1. The number of carbonyl (C=O) groups is 1. The predicted octanol–water partition coefficient (Wildman–Crippen LogP) is 2.21. The Labute approximate surface area is 96.8 Å². The van der Waals surface area contributed by atoms with Crippen molar-refractivity contribution in [3.8, 4) is 0 Å². The molecular formula is C13H19NO2. The Hall–Kier alpha value is -1.35. The minimum absolute atomic E-state index is 0.0268. The Morgan fingerprint density at radius 2 is 2.25 bits per heavy atom. The van der Waals surface area contributed by atoms with Crippen molar-refractivity contribution >= 4 is 5.97 Å². The van der Waals surface area contributed by atoms with Crippen molar-refractivity contribution in [1.29, 1.82) is 0 Å². The fourth-order valence-corrected chi connectivity index (χ4v) is 1.66. The third kappa shape index (κ3) is 3.66. The lowest BCUT2D eigenvalue weighted by Gasteiger charge is -2.16. The van der Waals surface area contributed by atoms with Crippen LogP contribution in [0.25, 0.3) is 0 Å². The minimum atomic E-state index is -0.164. The van der Waals surface area contributed by atoms with Gasteiger partial charge in [-0.1, -0.05) is 29.8 Å². The highest BCUT2D eigenvalue weighted by molar-refractivity contribution is 5.70. The molecule has 3 nitrogen and oxygen atoms in total. The molecular weight excluding hydrogens is 202 g/mol. The number of hydrogen-bond acceptors (Lipinski definition) is 3. The van der Waals surface area contributed by atoms with Crippen LogP contribution < -0.4 is 5.32 Å². The van der Waals surface area contributed by atoms with Crippen molar-refractivity contribution in [3.63, 3.8) is 0 Å². The van der Waals surface area contributed by atoms with E-state index in [0.29, 0.717) is 13.0 Å². The molecule has 0 heterocycles. The maximum atomic E-state index is 11.4. The summed E-state index contributed by atoms with van der Waals surface area (Å²) < 4.78 is 4.95. The molecule has 3 heteroatoms. The summed E-state index contributed by atoms with van der Waals surface area (Å²) in [6, 6.07) is 8.17. The highest BCUT2D eigenvalue weighted by atomic mass is 16.5. The average molecular weight is 221 g/mol. The van der Waals surface area contributed by atoms with Crippen LogP contribution in [-0.2, 0) is 9.53 Å². The molecule has 0 radical (unpaired) electrons. The summed E-state index contributed by atoms with van der Waals surface area (Å²) in [6.07, 6.45) is 0.369. The highest BCUT2D eigenvalue weighted by Gasteiger charge is 2.14. The predicted molar refractivity (Wildman–Crippen MR) is 64.2 cm³/mol. The van der Waals surface area contributed by atoms with Gasteiger partial charge in [0.15, 0.2) is 0 Å². The monoisotopic (exact) mass is 221 g/mol. The topological polar surface area (TPSA) is 38.3 Å². The first-order valence-corrected chi connectivity index (χ1v) is 5.56. The molecule has 0 bridgehead atoms. The molecule has 1 unspecified atom stereocenters. The first-order valence-electron chi connectivity index (χ1n) is 5.56. The lowest BCUT2D eigenvalue weighted by Crippen LogP contribution is -2.21. The van der Waals surface area contributed by atoms with Gasteiger partial charge >= 0.3 is 5.97 Å². The lowest BCUT2D eigenvalue weighted by molar-refractivity contribution is -0.143. The van der Waals surface area contributed by atoms with E-state index in [0.717, 1.165) is 5.56 Å². The number of hydrogen-bond donors (Lipinski definition) is 1. The smallest absolute Gasteiger partial charge is 0.307 e. The quantitative estimate of drug-likeness (QED) is 0.775. The number of benzene rings is 1. The molecule has 1 aromatic carbocycles. The van der Waals surface area contributed by atoms with Crippen LogP contribution in [0, 0.1) is 6.92 Å². The second kappa shape index (κ2) is 6.28. The van der Waals surface area contributed by atoms with Gasteiger partial charge in [-0.25, -0.2) is 0 Å². The fraction of sp³-hybridized carbons (Fsp3) is 0.462. The number of esters is 1. The number of rotatable bonds is 5. The fourth-order valence-electron chi connectivity index (χ4n) is 1.66. The molecule has 1 rings (SSSR count). The second-order valence-electron chi connectivity index (χ2n) is 3.76. The summed E-state index contributed by atoms with van der Waals surface area (Å²) in [4.78, 5) is 11.4. The zero-order valence-corrected chi connectivity index (χ0v) is 10.1. The Balaban J connectivity index is 2.70. The third-order valence-corrected chi connectivity index (χ3v) is 2.47. The molecule has 1 N–H and O–H groups in total. The molecule has 16 heavy (non-hydrogen) atoms. The van der Waals surface area contributed by atoms with Crippen molar-refractivity contribution < 1.29 is 9.53 Å². The summed E-state index contributed by atoms with van der Waals surface area (Å²) in [5, 5.41) is 3.13. The zero-order chi connectivity index (χ0) is 12.0. The van der Waals surface area contributed by atoms with Crippen LogP contribution in [0.1, 0.15) is 30.5 Å². The lowest BCUT2D eigenvalue weighted by atomic mass is 10.0. The van der Waals surface area contributed by atoms with E-state index in [4.69, 9.17) is 4.74 Å². The minimum Gasteiger partial charge on any atom is -0.466 e. The molecule has 0 aromatic heterocycles. The van der Waals surface area contributed by atoms with E-state index in [9.17, 15) is 4.79 Å². The molecule has 0 amide bonds. The molecule has 0 aliphatic heterocycles. The van der Waals surface area contributed by atoms with Crippen molar-refractivity contribution in [2.75, 3.05) is 13.7 Å². The van der Waals surface area contributed by atoms with E-state index >= 15 is 0 Å². The van der Waals surface area contributed by atoms with E-state index in [1.165, 1.54) is 5.56 Å². The van der Waals surface area contributed by atoms with Crippen LogP contribution >= 0.6 is 0 Å². The number of nitrogens with one attached hydrogen (secondary N) is 1. The van der Waals surface area contributed by atoms with Gasteiger partial charge in [0.25, 0.3) is 0 Å². The van der Waals surface area contributed by atoms with Crippen LogP contribution in [0.15, 0.2) is 24.3 Å². The summed E-state index contributed by atoms with van der Waals surface area (Å²) in [6.45, 7) is 4.29. The average Bonchev–Trinajstić information content (AvgIpc) is 2.26. The molecule has 0 saturated heterocycles. The maximum Gasteiger partial charge on any atom is 0.307 e. The van der Waals surface area contributed by atoms with Crippen LogP contribution in [0.2, 0.25) is 0 Å². The number of ether oxygens (including phenoxy) is 1. The molecule has 0 fully saturated rings. The van der Waals surface area contributed by atoms with Crippen LogP contribution in [0.4, 0.5) is 0 Å². The number of carbonyl (C=O) groups excluding carboxylic acids is 1. The van der Waals surface area contributed by atoms with Gasteiger partial charge in [0.1, 0.15) is 0 Å². The summed E-state index contributed by atoms with van der Waals surface area (Å²) in [7, 11) is 1.85. The van der Waals surface area contributed by atoms with E-state index in [1.54, 1.807) is 0 Å². The Kier molecular flexibility index (Phi) is 4.99. The molecule has 1 aromatic rings. The SMILES string of the molecule is CCOC(=O)CC(NC)c1cccc(C)c1. The molecule has 88 valence electrons. The molecule has 0 aliphatic carbocycles. The summed E-state index contributed by atoms with van der Waals surface area (Å²) >= 11 is 0. The van der Waals surface area contributed by atoms with Crippen molar-refractivity contribution in [2.45, 2.75) is 26.3 Å². The van der Waals surface area contributed by atoms with E-state index in [-0.39, 0.29) is 12.0 Å². The Morgan fingerprint density at radius 3 is 2.81 bits per heavy atom. The molecule has 0 spiro atoms. The van der Waals surface area contributed by atoms with E-state index < -0.39 is 0 Å². The van der Waals surface area contributed by atoms with Crippen molar-refractivity contribution in [3.05, 3.63) is 35.4 Å². The van der Waals surface area contributed by atoms with Gasteiger partial charge < -0.3 is 10.1 Å². The van der Waals surface area contributed by atoms with Gasteiger partial charge in [-0.2, -0.15) is 0 Å².